The van der Waals surface area contributed by atoms with Crippen LogP contribution in [0.4, 0.5) is 0 Å². The van der Waals surface area contributed by atoms with Gasteiger partial charge in [-0.05, 0) is 54.0 Å². The Morgan fingerprint density at radius 3 is 2.60 bits per heavy atom. The SMILES string of the molecule is CCn1nc(C)c(Br)c1COc1ccc(C(=O)O)cc1. The Bertz CT molecular complexity index is 620. The van der Waals surface area contributed by atoms with Gasteiger partial charge in [0.2, 0.25) is 0 Å². The molecule has 0 aliphatic carbocycles. The van der Waals surface area contributed by atoms with Gasteiger partial charge in [0.15, 0.2) is 0 Å². The number of aryl methyl sites for hydroxylation is 2. The van der Waals surface area contributed by atoms with Gasteiger partial charge in [-0.2, -0.15) is 5.10 Å². The third-order valence-electron chi connectivity index (χ3n) is 2.93. The summed E-state index contributed by atoms with van der Waals surface area (Å²) in [7, 11) is 0. The molecule has 0 amide bonds. The van der Waals surface area contributed by atoms with Crippen molar-refractivity contribution in [1.29, 1.82) is 0 Å². The Kier molecular flexibility index (Phi) is 4.44. The maximum Gasteiger partial charge on any atom is 0.335 e. The van der Waals surface area contributed by atoms with Gasteiger partial charge in [-0.1, -0.05) is 0 Å². The van der Waals surface area contributed by atoms with Crippen molar-refractivity contribution in [3.05, 3.63) is 45.7 Å². The highest BCUT2D eigenvalue weighted by Gasteiger charge is 2.12. The molecule has 106 valence electrons. The van der Waals surface area contributed by atoms with E-state index in [0.29, 0.717) is 12.4 Å². The molecule has 0 spiro atoms. The maximum absolute atomic E-state index is 10.8. The molecule has 2 rings (SSSR count). The van der Waals surface area contributed by atoms with E-state index in [1.54, 1.807) is 12.1 Å². The van der Waals surface area contributed by atoms with E-state index in [-0.39, 0.29) is 5.56 Å². The number of aromatic nitrogens is 2. The van der Waals surface area contributed by atoms with E-state index in [0.717, 1.165) is 22.4 Å². The molecule has 0 unspecified atom stereocenters. The van der Waals surface area contributed by atoms with Gasteiger partial charge in [-0.25, -0.2) is 4.79 Å². The van der Waals surface area contributed by atoms with E-state index < -0.39 is 5.97 Å². The third-order valence-corrected chi connectivity index (χ3v) is 3.96. The molecule has 0 atom stereocenters. The lowest BCUT2D eigenvalue weighted by Gasteiger charge is -2.08. The number of carbonyl (C=O) groups is 1. The summed E-state index contributed by atoms with van der Waals surface area (Å²) in [6.07, 6.45) is 0. The molecule has 0 aliphatic rings. The first kappa shape index (κ1) is 14.6. The van der Waals surface area contributed by atoms with E-state index in [1.165, 1.54) is 12.1 Å². The van der Waals surface area contributed by atoms with Crippen molar-refractivity contribution >= 4 is 21.9 Å². The summed E-state index contributed by atoms with van der Waals surface area (Å²) in [4.78, 5) is 10.8. The zero-order valence-corrected chi connectivity index (χ0v) is 12.8. The highest BCUT2D eigenvalue weighted by atomic mass is 79.9. The number of nitrogens with zero attached hydrogens (tertiary/aromatic N) is 2. The number of carboxylic acid groups (broad SMARTS) is 1. The van der Waals surface area contributed by atoms with Crippen LogP contribution in [0.5, 0.6) is 5.75 Å². The van der Waals surface area contributed by atoms with Gasteiger partial charge in [-0.15, -0.1) is 0 Å². The number of rotatable bonds is 5. The fourth-order valence-electron chi connectivity index (χ4n) is 1.85. The fourth-order valence-corrected chi connectivity index (χ4v) is 2.25. The first-order valence-electron chi connectivity index (χ1n) is 6.20. The summed E-state index contributed by atoms with van der Waals surface area (Å²) in [5.41, 5.74) is 2.13. The number of benzene rings is 1. The normalized spacial score (nSPS) is 10.6. The van der Waals surface area contributed by atoms with Crippen LogP contribution in [0.3, 0.4) is 0 Å². The van der Waals surface area contributed by atoms with Gasteiger partial charge in [0.1, 0.15) is 12.4 Å². The highest BCUT2D eigenvalue weighted by molar-refractivity contribution is 9.10. The molecule has 1 heterocycles. The smallest absolute Gasteiger partial charge is 0.335 e. The minimum absolute atomic E-state index is 0.243. The number of hydrogen-bond acceptors (Lipinski definition) is 3. The van der Waals surface area contributed by atoms with Gasteiger partial charge in [0, 0.05) is 6.54 Å². The average Bonchev–Trinajstić information content (AvgIpc) is 2.72. The minimum atomic E-state index is -0.945. The van der Waals surface area contributed by atoms with Crippen LogP contribution in [0, 0.1) is 6.92 Å². The molecule has 0 fully saturated rings. The van der Waals surface area contributed by atoms with Crippen LogP contribution in [0.1, 0.15) is 28.7 Å². The number of aromatic carboxylic acids is 1. The Morgan fingerprint density at radius 2 is 2.05 bits per heavy atom. The van der Waals surface area contributed by atoms with E-state index in [4.69, 9.17) is 9.84 Å². The number of carboxylic acids is 1. The molecule has 2 aromatic rings. The highest BCUT2D eigenvalue weighted by Crippen LogP contribution is 2.23. The molecule has 1 aromatic heterocycles. The van der Waals surface area contributed by atoms with Gasteiger partial charge < -0.3 is 9.84 Å². The molecule has 6 heteroatoms. The fraction of sp³-hybridized carbons (Fsp3) is 0.286. The molecule has 1 N–H and O–H groups in total. The standard InChI is InChI=1S/C14H15BrN2O3/c1-3-17-12(13(15)9(2)16-17)8-20-11-6-4-10(5-7-11)14(18)19/h4-7H,3,8H2,1-2H3,(H,18,19). The predicted molar refractivity (Wildman–Crippen MR) is 78.1 cm³/mol. The summed E-state index contributed by atoms with van der Waals surface area (Å²) < 4.78 is 8.51. The van der Waals surface area contributed by atoms with Gasteiger partial charge in [0.05, 0.1) is 21.4 Å². The zero-order chi connectivity index (χ0) is 14.7. The molecular weight excluding hydrogens is 324 g/mol. The van der Waals surface area contributed by atoms with Gasteiger partial charge >= 0.3 is 5.97 Å². The molecule has 0 aliphatic heterocycles. The lowest BCUT2D eigenvalue weighted by atomic mass is 10.2. The zero-order valence-electron chi connectivity index (χ0n) is 11.3. The number of ether oxygens (including phenoxy) is 1. The molecule has 0 saturated carbocycles. The van der Waals surface area contributed by atoms with E-state index in [9.17, 15) is 4.79 Å². The first-order chi connectivity index (χ1) is 9.52. The summed E-state index contributed by atoms with van der Waals surface area (Å²) in [5.74, 6) is -0.317. The second-order valence-electron chi connectivity index (χ2n) is 4.28. The van der Waals surface area contributed by atoms with Crippen molar-refractivity contribution in [2.75, 3.05) is 0 Å². The monoisotopic (exact) mass is 338 g/mol. The van der Waals surface area contributed by atoms with Crippen molar-refractivity contribution in [1.82, 2.24) is 9.78 Å². The largest absolute Gasteiger partial charge is 0.487 e. The topological polar surface area (TPSA) is 64.4 Å². The molecule has 5 nitrogen and oxygen atoms in total. The molecule has 1 aromatic carbocycles. The Labute approximate surface area is 125 Å². The Hall–Kier alpha value is -1.82. The van der Waals surface area contributed by atoms with Crippen molar-refractivity contribution in [3.8, 4) is 5.75 Å². The molecule has 0 saturated heterocycles. The molecule has 20 heavy (non-hydrogen) atoms. The lowest BCUT2D eigenvalue weighted by Crippen LogP contribution is -2.06. The predicted octanol–water partition coefficient (Wildman–Crippen LogP) is 3.25. The third kappa shape index (κ3) is 3.01. The first-order valence-corrected chi connectivity index (χ1v) is 7.00. The van der Waals surface area contributed by atoms with Crippen LogP contribution in [0.15, 0.2) is 28.7 Å². The van der Waals surface area contributed by atoms with Crippen molar-refractivity contribution in [2.45, 2.75) is 27.0 Å². The Balaban J connectivity index is 2.10. The average molecular weight is 339 g/mol. The number of halogens is 1. The summed E-state index contributed by atoms with van der Waals surface area (Å²) in [5, 5.41) is 13.2. The quantitative estimate of drug-likeness (QED) is 0.908. The van der Waals surface area contributed by atoms with Crippen LogP contribution >= 0.6 is 15.9 Å². The van der Waals surface area contributed by atoms with E-state index in [2.05, 4.69) is 21.0 Å². The van der Waals surface area contributed by atoms with Crippen LogP contribution in [-0.2, 0) is 13.2 Å². The second-order valence-corrected chi connectivity index (χ2v) is 5.07. The van der Waals surface area contributed by atoms with Gasteiger partial charge in [-0.3, -0.25) is 4.68 Å². The minimum Gasteiger partial charge on any atom is -0.487 e. The summed E-state index contributed by atoms with van der Waals surface area (Å²) in [6, 6.07) is 6.35. The van der Waals surface area contributed by atoms with Crippen LogP contribution in [0.2, 0.25) is 0 Å². The maximum atomic E-state index is 10.8. The number of hydrogen-bond donors (Lipinski definition) is 1. The van der Waals surface area contributed by atoms with Gasteiger partial charge in [0.25, 0.3) is 0 Å². The summed E-state index contributed by atoms with van der Waals surface area (Å²) >= 11 is 3.51. The molecule has 0 radical (unpaired) electrons. The lowest BCUT2D eigenvalue weighted by molar-refractivity contribution is 0.0697. The Morgan fingerprint density at radius 1 is 1.40 bits per heavy atom. The molecular formula is C14H15BrN2O3. The van der Waals surface area contributed by atoms with E-state index in [1.807, 2.05) is 18.5 Å². The van der Waals surface area contributed by atoms with Crippen LogP contribution in [0.25, 0.3) is 0 Å². The molecule has 0 bridgehead atoms. The van der Waals surface area contributed by atoms with Crippen LogP contribution < -0.4 is 4.74 Å². The van der Waals surface area contributed by atoms with E-state index >= 15 is 0 Å². The van der Waals surface area contributed by atoms with Crippen molar-refractivity contribution < 1.29 is 14.6 Å². The van der Waals surface area contributed by atoms with Crippen molar-refractivity contribution in [2.24, 2.45) is 0 Å². The summed E-state index contributed by atoms with van der Waals surface area (Å²) in [6.45, 7) is 5.09. The van der Waals surface area contributed by atoms with Crippen molar-refractivity contribution in [3.63, 3.8) is 0 Å². The second kappa shape index (κ2) is 6.09. The van der Waals surface area contributed by atoms with Crippen LogP contribution in [-0.4, -0.2) is 20.9 Å².